The number of anilines is 2. The molecule has 0 spiro atoms. The molecular formula is C40H38ClN3O4S2. The summed E-state index contributed by atoms with van der Waals surface area (Å²) in [7, 11) is -7.89. The van der Waals surface area contributed by atoms with Gasteiger partial charge in [0.15, 0.2) is 0 Å². The molecular weight excluding hydrogens is 686 g/mol. The van der Waals surface area contributed by atoms with Gasteiger partial charge in [0.05, 0.1) is 15.5 Å². The van der Waals surface area contributed by atoms with Gasteiger partial charge in [0.25, 0.3) is 10.0 Å². The van der Waals surface area contributed by atoms with Crippen LogP contribution in [0, 0.1) is 13.8 Å². The third-order valence-corrected chi connectivity index (χ3v) is 13.6. The molecule has 5 aromatic rings. The van der Waals surface area contributed by atoms with Crippen LogP contribution < -0.4 is 9.21 Å². The topological polar surface area (TPSA) is 78.0 Å². The van der Waals surface area contributed by atoms with E-state index in [2.05, 4.69) is 4.90 Å². The summed E-state index contributed by atoms with van der Waals surface area (Å²) in [5.41, 5.74) is 4.60. The van der Waals surface area contributed by atoms with Crippen molar-refractivity contribution in [1.82, 2.24) is 4.31 Å². The van der Waals surface area contributed by atoms with Crippen molar-refractivity contribution < 1.29 is 16.8 Å². The molecule has 2 aliphatic rings. The van der Waals surface area contributed by atoms with E-state index in [1.807, 2.05) is 86.7 Å². The number of rotatable bonds is 10. The normalized spacial score (nSPS) is 19.1. The van der Waals surface area contributed by atoms with Gasteiger partial charge in [-0.05, 0) is 92.4 Å². The van der Waals surface area contributed by atoms with E-state index in [0.717, 1.165) is 27.9 Å². The van der Waals surface area contributed by atoms with Gasteiger partial charge in [-0.15, -0.1) is 0 Å². The zero-order chi connectivity index (χ0) is 35.1. The molecule has 1 fully saturated rings. The first-order valence-corrected chi connectivity index (χ1v) is 19.8. The summed E-state index contributed by atoms with van der Waals surface area (Å²) in [6, 6.07) is 38.5. The van der Waals surface area contributed by atoms with Crippen LogP contribution in [0.3, 0.4) is 0 Å². The fourth-order valence-corrected chi connectivity index (χ4v) is 10.5. The van der Waals surface area contributed by atoms with E-state index >= 15 is 0 Å². The van der Waals surface area contributed by atoms with E-state index in [1.54, 1.807) is 71.2 Å². The summed E-state index contributed by atoms with van der Waals surface area (Å²) in [5.74, 6) is 0. The second kappa shape index (κ2) is 13.4. The zero-order valence-electron chi connectivity index (χ0n) is 27.9. The molecule has 0 unspecified atom stereocenters. The highest BCUT2D eigenvalue weighted by Gasteiger charge is 2.59. The molecule has 2 aliphatic heterocycles. The number of fused-ring (bicyclic) bond motifs is 3. The van der Waals surface area contributed by atoms with E-state index in [-0.39, 0.29) is 16.3 Å². The van der Waals surface area contributed by atoms with Gasteiger partial charge in [-0.1, -0.05) is 102 Å². The minimum Gasteiger partial charge on any atom is -0.349 e. The minimum absolute atomic E-state index is 0.177. The van der Waals surface area contributed by atoms with E-state index in [0.29, 0.717) is 30.1 Å². The molecule has 0 aromatic heterocycles. The first-order valence-electron chi connectivity index (χ1n) is 16.5. The number of aryl methyl sites for hydroxylation is 2. The summed E-state index contributed by atoms with van der Waals surface area (Å²) in [6.07, 6.45) is 3.76. The fraction of sp³-hybridized carbons (Fsp3) is 0.200. The molecule has 0 N–H and O–H groups in total. The molecule has 5 aromatic carbocycles. The Bertz CT molecular complexity index is 2250. The maximum Gasteiger partial charge on any atom is 0.268 e. The van der Waals surface area contributed by atoms with Crippen molar-refractivity contribution in [2.45, 2.75) is 54.6 Å². The van der Waals surface area contributed by atoms with Crippen LogP contribution in [-0.2, 0) is 32.0 Å². The minimum atomic E-state index is -3.97. The number of allylic oxidation sites excluding steroid dienone is 1. The van der Waals surface area contributed by atoms with Crippen LogP contribution in [-0.4, -0.2) is 33.9 Å². The van der Waals surface area contributed by atoms with Crippen LogP contribution in [0.2, 0.25) is 5.02 Å². The highest BCUT2D eigenvalue weighted by Crippen LogP contribution is 2.56. The standard InChI is InChI=1S/C40H38ClN3O4S2/c1-30-14-19-35(20-15-30)49(45,46)43(34-12-7-4-8-13-34)26-9-24-40-25-27-44(50(47,48)36-21-16-31(2)17-22-36)39(40)42(29-32-10-5-3-6-11-32)38-23-18-33(41)28-37(38)40/h3-23,26,28,39H,24-25,27,29H2,1-2H3/b26-9-/t39-,40-/m0/s1. The lowest BCUT2D eigenvalue weighted by Gasteiger charge is -2.37. The Hall–Kier alpha value is -4.41. The van der Waals surface area contributed by atoms with Crippen molar-refractivity contribution in [2.75, 3.05) is 15.7 Å². The lowest BCUT2D eigenvalue weighted by Crippen LogP contribution is -2.51. The molecule has 2 heterocycles. The van der Waals surface area contributed by atoms with Crippen LogP contribution >= 0.6 is 11.6 Å². The average molecular weight is 724 g/mol. The first-order chi connectivity index (χ1) is 24.0. The summed E-state index contributed by atoms with van der Waals surface area (Å²) in [6.45, 7) is 4.61. The van der Waals surface area contributed by atoms with Gasteiger partial charge in [0.2, 0.25) is 10.0 Å². The quantitative estimate of drug-likeness (QED) is 0.145. The molecule has 0 radical (unpaired) electrons. The highest BCUT2D eigenvalue weighted by atomic mass is 35.5. The SMILES string of the molecule is Cc1ccc(S(=O)(=O)N(/C=C\C[C@@]23CCN(S(=O)(=O)c4ccc(C)cc4)[C@@H]2N(Cc2ccccc2)c2ccc(Cl)cc23)c2ccccc2)cc1. The average Bonchev–Trinajstić information content (AvgIpc) is 3.61. The first kappa shape index (κ1) is 34.1. The Morgan fingerprint density at radius 3 is 2.02 bits per heavy atom. The molecule has 2 atom stereocenters. The monoisotopic (exact) mass is 723 g/mol. The molecule has 7 rings (SSSR count). The van der Waals surface area contributed by atoms with Gasteiger partial charge in [-0.3, -0.25) is 0 Å². The highest BCUT2D eigenvalue weighted by molar-refractivity contribution is 7.93. The number of sulfonamides is 2. The molecule has 10 heteroatoms. The maximum absolute atomic E-state index is 14.5. The van der Waals surface area contributed by atoms with E-state index < -0.39 is 31.6 Å². The van der Waals surface area contributed by atoms with Gasteiger partial charge >= 0.3 is 0 Å². The van der Waals surface area contributed by atoms with Gasteiger partial charge in [0, 0.05) is 35.4 Å². The second-order valence-corrected chi connectivity index (χ2v) is 17.2. The van der Waals surface area contributed by atoms with Crippen LogP contribution in [0.25, 0.3) is 0 Å². The van der Waals surface area contributed by atoms with E-state index in [9.17, 15) is 16.8 Å². The Labute approximate surface area is 300 Å². The van der Waals surface area contributed by atoms with Crippen LogP contribution in [0.5, 0.6) is 0 Å². The van der Waals surface area contributed by atoms with E-state index in [4.69, 9.17) is 11.6 Å². The van der Waals surface area contributed by atoms with Crippen molar-refractivity contribution >= 4 is 43.0 Å². The molecule has 7 nitrogen and oxygen atoms in total. The van der Waals surface area contributed by atoms with Gasteiger partial charge in [-0.25, -0.2) is 21.1 Å². The summed E-state index contributed by atoms with van der Waals surface area (Å²) < 4.78 is 60.2. The molecule has 0 saturated carbocycles. The van der Waals surface area contributed by atoms with Crippen molar-refractivity contribution in [3.8, 4) is 0 Å². The zero-order valence-corrected chi connectivity index (χ0v) is 30.2. The Morgan fingerprint density at radius 1 is 0.780 bits per heavy atom. The van der Waals surface area contributed by atoms with Crippen LogP contribution in [0.4, 0.5) is 11.4 Å². The predicted molar refractivity (Wildman–Crippen MR) is 200 cm³/mol. The lowest BCUT2D eigenvalue weighted by atomic mass is 9.76. The molecule has 50 heavy (non-hydrogen) atoms. The largest absolute Gasteiger partial charge is 0.349 e. The molecule has 0 aliphatic carbocycles. The number of halogens is 1. The van der Waals surface area contributed by atoms with Crippen molar-refractivity contribution in [3.63, 3.8) is 0 Å². The molecule has 0 bridgehead atoms. The Kier molecular flexibility index (Phi) is 9.11. The number of para-hydroxylation sites is 1. The van der Waals surface area contributed by atoms with Gasteiger partial charge < -0.3 is 4.90 Å². The number of hydrogen-bond donors (Lipinski definition) is 0. The Balaban J connectivity index is 1.34. The van der Waals surface area contributed by atoms with Crippen LogP contribution in [0.1, 0.15) is 35.1 Å². The lowest BCUT2D eigenvalue weighted by molar-refractivity contribution is 0.303. The number of benzene rings is 5. The Morgan fingerprint density at radius 2 is 1.38 bits per heavy atom. The smallest absolute Gasteiger partial charge is 0.268 e. The molecule has 256 valence electrons. The van der Waals surface area contributed by atoms with Gasteiger partial charge in [0.1, 0.15) is 6.17 Å². The molecule has 0 amide bonds. The maximum atomic E-state index is 14.5. The van der Waals surface area contributed by atoms with Gasteiger partial charge in [-0.2, -0.15) is 4.31 Å². The second-order valence-electron chi connectivity index (χ2n) is 13.0. The summed E-state index contributed by atoms with van der Waals surface area (Å²) >= 11 is 6.67. The number of hydrogen-bond acceptors (Lipinski definition) is 5. The van der Waals surface area contributed by atoms with Crippen LogP contribution in [0.15, 0.2) is 149 Å². The fourth-order valence-electron chi connectivity index (χ4n) is 7.28. The third kappa shape index (κ3) is 6.13. The van der Waals surface area contributed by atoms with Crippen molar-refractivity contribution in [1.29, 1.82) is 0 Å². The van der Waals surface area contributed by atoms with E-state index in [1.165, 1.54) is 4.31 Å². The number of nitrogens with zero attached hydrogens (tertiary/aromatic N) is 3. The predicted octanol–water partition coefficient (Wildman–Crippen LogP) is 8.43. The summed E-state index contributed by atoms with van der Waals surface area (Å²) in [4.78, 5) is 2.59. The van der Waals surface area contributed by atoms with Crippen molar-refractivity contribution in [3.05, 3.63) is 167 Å². The summed E-state index contributed by atoms with van der Waals surface area (Å²) in [5, 5.41) is 0.556. The van der Waals surface area contributed by atoms with Crippen molar-refractivity contribution in [2.24, 2.45) is 0 Å². The molecule has 1 saturated heterocycles. The third-order valence-electron chi connectivity index (χ3n) is 9.78.